The van der Waals surface area contributed by atoms with E-state index in [-0.39, 0.29) is 24.9 Å². The maximum atomic E-state index is 12.9. The normalized spacial score (nSPS) is 24.1. The molecule has 1 aliphatic rings. The Balaban J connectivity index is 2.04. The summed E-state index contributed by atoms with van der Waals surface area (Å²) in [7, 11) is 0. The summed E-state index contributed by atoms with van der Waals surface area (Å²) in [6.07, 6.45) is 2.69. The maximum Gasteiger partial charge on any atom is 0.320 e. The van der Waals surface area contributed by atoms with E-state index in [2.05, 4.69) is 26.1 Å². The highest BCUT2D eigenvalue weighted by atomic mass is 16.5. The molecule has 0 spiro atoms. The van der Waals surface area contributed by atoms with Crippen LogP contribution in [-0.4, -0.2) is 25.0 Å². The van der Waals surface area contributed by atoms with Gasteiger partial charge >= 0.3 is 5.97 Å². The Bertz CT molecular complexity index is 588. The minimum absolute atomic E-state index is 0.0281. The van der Waals surface area contributed by atoms with Gasteiger partial charge in [0, 0.05) is 5.92 Å². The monoisotopic (exact) mass is 360 g/mol. The second-order valence-electron chi connectivity index (χ2n) is 7.77. The zero-order chi connectivity index (χ0) is 19.1. The summed E-state index contributed by atoms with van der Waals surface area (Å²) in [5.74, 6) is 1.09. The average molecular weight is 360 g/mol. The standard InChI is InChI=1S/C21H32N2O3/c1-14(2)17-10-9-15(3)11-18(17)21(25)23-13-19(26-20(24)12-22)16-7-5-4-6-8-16/h4-8,14-15,17-19H,9-13,22H2,1-3H3,(H,23,25)/t15?,17-,18?,19?/m0/s1. The van der Waals surface area contributed by atoms with Crippen LogP contribution in [0.3, 0.4) is 0 Å². The molecule has 0 heterocycles. The molecule has 144 valence electrons. The fraction of sp³-hybridized carbons (Fsp3) is 0.619. The van der Waals surface area contributed by atoms with Crippen LogP contribution in [0.2, 0.25) is 0 Å². The van der Waals surface area contributed by atoms with E-state index in [9.17, 15) is 9.59 Å². The topological polar surface area (TPSA) is 81.4 Å². The highest BCUT2D eigenvalue weighted by molar-refractivity contribution is 5.79. The third-order valence-corrected chi connectivity index (χ3v) is 5.43. The van der Waals surface area contributed by atoms with E-state index in [1.54, 1.807) is 0 Å². The van der Waals surface area contributed by atoms with E-state index in [1.165, 1.54) is 6.42 Å². The maximum absolute atomic E-state index is 12.9. The van der Waals surface area contributed by atoms with E-state index >= 15 is 0 Å². The largest absolute Gasteiger partial charge is 0.455 e. The van der Waals surface area contributed by atoms with Gasteiger partial charge in [0.1, 0.15) is 6.10 Å². The van der Waals surface area contributed by atoms with Crippen LogP contribution >= 0.6 is 0 Å². The molecule has 1 fully saturated rings. The number of hydrogen-bond donors (Lipinski definition) is 2. The summed E-state index contributed by atoms with van der Waals surface area (Å²) < 4.78 is 5.44. The Morgan fingerprint density at radius 3 is 2.54 bits per heavy atom. The van der Waals surface area contributed by atoms with Crippen LogP contribution in [0.15, 0.2) is 30.3 Å². The van der Waals surface area contributed by atoms with E-state index < -0.39 is 12.1 Å². The molecule has 0 bridgehead atoms. The summed E-state index contributed by atoms with van der Waals surface area (Å²) in [5, 5.41) is 3.03. The Labute approximate surface area is 156 Å². The van der Waals surface area contributed by atoms with Crippen LogP contribution < -0.4 is 11.1 Å². The number of rotatable bonds is 7. The zero-order valence-electron chi connectivity index (χ0n) is 16.1. The summed E-state index contributed by atoms with van der Waals surface area (Å²) >= 11 is 0. The highest BCUT2D eigenvalue weighted by Gasteiger charge is 2.35. The van der Waals surface area contributed by atoms with Gasteiger partial charge in [-0.3, -0.25) is 9.59 Å². The molecule has 5 heteroatoms. The molecule has 1 saturated carbocycles. The molecule has 1 amide bonds. The van der Waals surface area contributed by atoms with Crippen molar-refractivity contribution in [2.45, 2.75) is 46.1 Å². The predicted molar refractivity (Wildman–Crippen MR) is 102 cm³/mol. The van der Waals surface area contributed by atoms with E-state index in [1.807, 2.05) is 30.3 Å². The molecule has 5 nitrogen and oxygen atoms in total. The number of ether oxygens (including phenoxy) is 1. The number of carbonyl (C=O) groups excluding carboxylic acids is 2. The van der Waals surface area contributed by atoms with Crippen molar-refractivity contribution in [3.63, 3.8) is 0 Å². The molecule has 2 rings (SSSR count). The number of hydrogen-bond acceptors (Lipinski definition) is 4. The van der Waals surface area contributed by atoms with Gasteiger partial charge in [-0.2, -0.15) is 0 Å². The summed E-state index contributed by atoms with van der Waals surface area (Å²) in [6, 6.07) is 9.46. The van der Waals surface area contributed by atoms with Gasteiger partial charge in [-0.15, -0.1) is 0 Å². The van der Waals surface area contributed by atoms with Crippen molar-refractivity contribution in [3.8, 4) is 0 Å². The van der Waals surface area contributed by atoms with E-state index in [4.69, 9.17) is 10.5 Å². The summed E-state index contributed by atoms with van der Waals surface area (Å²) in [4.78, 5) is 24.5. The number of nitrogens with one attached hydrogen (secondary N) is 1. The van der Waals surface area contributed by atoms with Crippen LogP contribution in [-0.2, 0) is 14.3 Å². The fourth-order valence-electron chi connectivity index (χ4n) is 3.93. The van der Waals surface area contributed by atoms with Gasteiger partial charge in [0.2, 0.25) is 5.91 Å². The minimum Gasteiger partial charge on any atom is -0.455 e. The Morgan fingerprint density at radius 1 is 1.23 bits per heavy atom. The first-order valence-corrected chi connectivity index (χ1v) is 9.64. The lowest BCUT2D eigenvalue weighted by molar-refractivity contribution is -0.148. The second-order valence-corrected chi connectivity index (χ2v) is 7.77. The first-order chi connectivity index (χ1) is 12.4. The molecule has 26 heavy (non-hydrogen) atoms. The van der Waals surface area contributed by atoms with Crippen LogP contribution in [0.1, 0.15) is 51.7 Å². The Kier molecular flexibility index (Phi) is 7.64. The van der Waals surface area contributed by atoms with Crippen molar-refractivity contribution in [2.75, 3.05) is 13.1 Å². The van der Waals surface area contributed by atoms with Crippen LogP contribution in [0, 0.1) is 23.7 Å². The van der Waals surface area contributed by atoms with Gasteiger partial charge in [0.05, 0.1) is 13.1 Å². The number of benzene rings is 1. The van der Waals surface area contributed by atoms with Crippen LogP contribution in [0.5, 0.6) is 0 Å². The third-order valence-electron chi connectivity index (χ3n) is 5.43. The molecular weight excluding hydrogens is 328 g/mol. The molecule has 1 aromatic rings. The Hall–Kier alpha value is -1.88. The van der Waals surface area contributed by atoms with Crippen molar-refractivity contribution in [3.05, 3.63) is 35.9 Å². The summed E-state index contributed by atoms with van der Waals surface area (Å²) in [5.41, 5.74) is 6.23. The van der Waals surface area contributed by atoms with Gasteiger partial charge < -0.3 is 15.8 Å². The van der Waals surface area contributed by atoms with Gasteiger partial charge in [-0.1, -0.05) is 57.5 Å². The average Bonchev–Trinajstić information content (AvgIpc) is 2.64. The van der Waals surface area contributed by atoms with Gasteiger partial charge in [-0.05, 0) is 36.2 Å². The molecule has 1 aliphatic carbocycles. The van der Waals surface area contributed by atoms with Crippen LogP contribution in [0.4, 0.5) is 0 Å². The Morgan fingerprint density at radius 2 is 1.92 bits per heavy atom. The van der Waals surface area contributed by atoms with Gasteiger partial charge in [-0.25, -0.2) is 0 Å². The van der Waals surface area contributed by atoms with Crippen molar-refractivity contribution in [2.24, 2.45) is 29.4 Å². The molecule has 3 unspecified atom stereocenters. The van der Waals surface area contributed by atoms with E-state index in [0.29, 0.717) is 17.8 Å². The number of carbonyl (C=O) groups is 2. The molecule has 4 atom stereocenters. The number of nitrogens with two attached hydrogens (primary N) is 1. The number of esters is 1. The number of amides is 1. The van der Waals surface area contributed by atoms with Gasteiger partial charge in [0.15, 0.2) is 0 Å². The third kappa shape index (κ3) is 5.56. The minimum atomic E-state index is -0.519. The highest BCUT2D eigenvalue weighted by Crippen LogP contribution is 2.38. The molecular formula is C21H32N2O3. The lowest BCUT2D eigenvalue weighted by atomic mass is 9.70. The van der Waals surface area contributed by atoms with Crippen molar-refractivity contribution < 1.29 is 14.3 Å². The van der Waals surface area contributed by atoms with Crippen molar-refractivity contribution >= 4 is 11.9 Å². The SMILES string of the molecule is CC1CC[C@@H](C(C)C)C(C(=O)NCC(OC(=O)CN)c2ccccc2)C1. The van der Waals surface area contributed by atoms with E-state index in [0.717, 1.165) is 18.4 Å². The van der Waals surface area contributed by atoms with Crippen molar-refractivity contribution in [1.29, 1.82) is 0 Å². The van der Waals surface area contributed by atoms with Gasteiger partial charge in [0.25, 0.3) is 0 Å². The molecule has 0 aromatic heterocycles. The molecule has 0 saturated heterocycles. The molecule has 0 radical (unpaired) electrons. The lowest BCUT2D eigenvalue weighted by Crippen LogP contribution is -2.42. The molecule has 0 aliphatic heterocycles. The predicted octanol–water partition coefficient (Wildman–Crippen LogP) is 3.05. The van der Waals surface area contributed by atoms with Crippen molar-refractivity contribution in [1.82, 2.24) is 5.32 Å². The van der Waals surface area contributed by atoms with Crippen LogP contribution in [0.25, 0.3) is 0 Å². The summed E-state index contributed by atoms with van der Waals surface area (Å²) in [6.45, 7) is 6.69. The molecule has 3 N–H and O–H groups in total. The quantitative estimate of drug-likeness (QED) is 0.732. The second kappa shape index (κ2) is 9.72. The zero-order valence-corrected chi connectivity index (χ0v) is 16.1. The first kappa shape index (κ1) is 20.4. The smallest absolute Gasteiger partial charge is 0.320 e. The fourth-order valence-corrected chi connectivity index (χ4v) is 3.93. The first-order valence-electron chi connectivity index (χ1n) is 9.64. The molecule has 1 aromatic carbocycles. The lowest BCUT2D eigenvalue weighted by Gasteiger charge is -2.36.